The van der Waals surface area contributed by atoms with E-state index >= 15 is 0 Å². The van der Waals surface area contributed by atoms with Gasteiger partial charge in [0, 0.05) is 11.3 Å². The number of aromatic nitrogens is 1. The molecule has 0 aliphatic heterocycles. The second-order valence-electron chi connectivity index (χ2n) is 4.36. The lowest BCUT2D eigenvalue weighted by Gasteiger charge is -2.11. The Morgan fingerprint density at radius 2 is 1.95 bits per heavy atom. The van der Waals surface area contributed by atoms with Crippen LogP contribution in [0.5, 0.6) is 5.75 Å². The van der Waals surface area contributed by atoms with Crippen LogP contribution in [0.4, 0.5) is 0 Å². The predicted octanol–water partition coefficient (Wildman–Crippen LogP) is 3.91. The molecule has 0 atom stereocenters. The van der Waals surface area contributed by atoms with Gasteiger partial charge in [0.25, 0.3) is 0 Å². The van der Waals surface area contributed by atoms with Gasteiger partial charge in [-0.3, -0.25) is 0 Å². The fraction of sp³-hybridized carbons (Fsp3) is 0.200. The van der Waals surface area contributed by atoms with Crippen LogP contribution in [0.3, 0.4) is 0 Å². The molecule has 0 amide bonds. The quantitative estimate of drug-likeness (QED) is 0.842. The van der Waals surface area contributed by atoms with Gasteiger partial charge in [-0.15, -0.1) is 0 Å². The first kappa shape index (κ1) is 13.3. The zero-order chi connectivity index (χ0) is 14.0. The number of nitrogens with one attached hydrogen (secondary N) is 1. The van der Waals surface area contributed by atoms with Crippen molar-refractivity contribution in [1.29, 1.82) is 5.26 Å². The molecule has 0 saturated carbocycles. The summed E-state index contributed by atoms with van der Waals surface area (Å²) in [7, 11) is 1.66. The minimum atomic E-state index is 0.466. The molecule has 1 heterocycles. The van der Waals surface area contributed by atoms with Gasteiger partial charge in [0.1, 0.15) is 16.5 Å². The first-order valence-corrected chi connectivity index (χ1v) is 6.26. The van der Waals surface area contributed by atoms with Crippen molar-refractivity contribution >= 4 is 12.2 Å². The molecule has 0 unspecified atom stereocenters. The Bertz CT molecular complexity index is 726. The number of ether oxygens (including phenoxy) is 1. The second kappa shape index (κ2) is 5.25. The van der Waals surface area contributed by atoms with Crippen molar-refractivity contribution in [3.05, 3.63) is 45.6 Å². The summed E-state index contributed by atoms with van der Waals surface area (Å²) in [5.41, 5.74) is 4.62. The molecule has 0 fully saturated rings. The Hall–Kier alpha value is -2.12. The molecule has 0 aliphatic rings. The number of pyridine rings is 1. The summed E-state index contributed by atoms with van der Waals surface area (Å²) < 4.78 is 5.77. The Kier molecular flexibility index (Phi) is 3.68. The predicted molar refractivity (Wildman–Crippen MR) is 77.8 cm³/mol. The maximum atomic E-state index is 8.89. The topological polar surface area (TPSA) is 48.8 Å². The fourth-order valence-corrected chi connectivity index (χ4v) is 2.24. The van der Waals surface area contributed by atoms with Gasteiger partial charge in [-0.05, 0) is 49.2 Å². The van der Waals surface area contributed by atoms with Gasteiger partial charge in [-0.1, -0.05) is 12.2 Å². The molecule has 2 aromatic rings. The number of hydrogen-bond acceptors (Lipinski definition) is 3. The van der Waals surface area contributed by atoms with Crippen LogP contribution in [0.2, 0.25) is 0 Å². The third-order valence-electron chi connectivity index (χ3n) is 3.06. The first-order chi connectivity index (χ1) is 9.06. The molecule has 2 rings (SSSR count). The minimum absolute atomic E-state index is 0.466. The van der Waals surface area contributed by atoms with E-state index < -0.39 is 0 Å². The highest BCUT2D eigenvalue weighted by molar-refractivity contribution is 7.71. The lowest BCUT2D eigenvalue weighted by atomic mass is 10.0. The Morgan fingerprint density at radius 1 is 1.21 bits per heavy atom. The molecular weight excluding hydrogens is 256 g/mol. The van der Waals surface area contributed by atoms with Gasteiger partial charge in [-0.25, -0.2) is 0 Å². The molecule has 1 N–H and O–H groups in total. The number of hydrogen-bond donors (Lipinski definition) is 1. The van der Waals surface area contributed by atoms with Crippen molar-refractivity contribution in [3.8, 4) is 23.1 Å². The summed E-state index contributed by atoms with van der Waals surface area (Å²) in [6.45, 7) is 4.02. The van der Waals surface area contributed by atoms with E-state index in [2.05, 4.69) is 17.1 Å². The number of nitrogens with zero attached hydrogens (tertiary/aromatic N) is 1. The Morgan fingerprint density at radius 3 is 2.53 bits per heavy atom. The molecule has 1 aromatic carbocycles. The number of methoxy groups -OCH3 is 1. The lowest BCUT2D eigenvalue weighted by Crippen LogP contribution is -1.94. The molecule has 0 bridgehead atoms. The van der Waals surface area contributed by atoms with Gasteiger partial charge in [0.15, 0.2) is 0 Å². The monoisotopic (exact) mass is 270 g/mol. The number of nitriles is 1. The maximum Gasteiger partial charge on any atom is 0.122 e. The van der Waals surface area contributed by atoms with E-state index in [1.807, 2.05) is 26.0 Å². The summed E-state index contributed by atoms with van der Waals surface area (Å²) in [6, 6.07) is 9.74. The standard InChI is InChI=1S/C15H14N2OS/c1-9-7-14(18-3)10(2)6-12(9)13-5-4-11(8-16)15(19)17-13/h4-7H,1-3H3,(H,17,19). The minimum Gasteiger partial charge on any atom is -0.496 e. The van der Waals surface area contributed by atoms with Gasteiger partial charge >= 0.3 is 0 Å². The maximum absolute atomic E-state index is 8.89. The van der Waals surface area contributed by atoms with E-state index in [4.69, 9.17) is 22.2 Å². The fourth-order valence-electron chi connectivity index (χ4n) is 2.02. The Balaban J connectivity index is 2.60. The van der Waals surface area contributed by atoms with Crippen molar-refractivity contribution < 1.29 is 4.74 Å². The molecular formula is C15H14N2OS. The van der Waals surface area contributed by atoms with Gasteiger partial charge in [-0.2, -0.15) is 5.26 Å². The average Bonchev–Trinajstić information content (AvgIpc) is 2.40. The van der Waals surface area contributed by atoms with Crippen molar-refractivity contribution in [1.82, 2.24) is 4.98 Å². The summed E-state index contributed by atoms with van der Waals surface area (Å²) in [5.74, 6) is 0.869. The smallest absolute Gasteiger partial charge is 0.122 e. The molecule has 4 heteroatoms. The van der Waals surface area contributed by atoms with Crippen molar-refractivity contribution in [2.24, 2.45) is 0 Å². The zero-order valence-electron chi connectivity index (χ0n) is 11.1. The normalized spacial score (nSPS) is 10.0. The molecule has 1 aromatic heterocycles. The second-order valence-corrected chi connectivity index (χ2v) is 4.77. The molecule has 0 aliphatic carbocycles. The van der Waals surface area contributed by atoms with Gasteiger partial charge in [0.2, 0.25) is 0 Å². The highest BCUT2D eigenvalue weighted by atomic mass is 32.1. The highest BCUT2D eigenvalue weighted by Crippen LogP contribution is 2.29. The van der Waals surface area contributed by atoms with Crippen LogP contribution in [0.25, 0.3) is 11.3 Å². The number of rotatable bonds is 2. The summed E-state index contributed by atoms with van der Waals surface area (Å²) in [5, 5.41) is 8.89. The van der Waals surface area contributed by atoms with Crippen LogP contribution in [-0.2, 0) is 0 Å². The van der Waals surface area contributed by atoms with E-state index in [0.717, 1.165) is 28.1 Å². The number of benzene rings is 1. The largest absolute Gasteiger partial charge is 0.496 e. The van der Waals surface area contributed by atoms with E-state index in [9.17, 15) is 0 Å². The number of aromatic amines is 1. The molecule has 0 saturated heterocycles. The molecule has 3 nitrogen and oxygen atoms in total. The van der Waals surface area contributed by atoms with Crippen molar-refractivity contribution in [2.45, 2.75) is 13.8 Å². The van der Waals surface area contributed by atoms with Gasteiger partial charge in [0.05, 0.1) is 12.7 Å². The van der Waals surface area contributed by atoms with Crippen LogP contribution in [0, 0.1) is 29.8 Å². The van der Waals surface area contributed by atoms with Gasteiger partial charge < -0.3 is 9.72 Å². The van der Waals surface area contributed by atoms with Crippen LogP contribution < -0.4 is 4.74 Å². The van der Waals surface area contributed by atoms with Crippen LogP contribution in [-0.4, -0.2) is 12.1 Å². The van der Waals surface area contributed by atoms with E-state index in [-0.39, 0.29) is 0 Å². The van der Waals surface area contributed by atoms with Crippen molar-refractivity contribution in [3.63, 3.8) is 0 Å². The average molecular weight is 270 g/mol. The molecule has 0 spiro atoms. The summed E-state index contributed by atoms with van der Waals surface area (Å²) in [4.78, 5) is 3.10. The molecule has 0 radical (unpaired) electrons. The lowest BCUT2D eigenvalue weighted by molar-refractivity contribution is 0.411. The van der Waals surface area contributed by atoms with Crippen LogP contribution >= 0.6 is 12.2 Å². The summed E-state index contributed by atoms with van der Waals surface area (Å²) >= 11 is 5.16. The van der Waals surface area contributed by atoms with Crippen molar-refractivity contribution in [2.75, 3.05) is 7.11 Å². The van der Waals surface area contributed by atoms with E-state index in [1.165, 1.54) is 0 Å². The Labute approximate surface area is 117 Å². The zero-order valence-corrected chi connectivity index (χ0v) is 11.9. The number of H-pyrrole nitrogens is 1. The first-order valence-electron chi connectivity index (χ1n) is 5.86. The third kappa shape index (κ3) is 2.51. The van der Waals surface area contributed by atoms with Crippen LogP contribution in [0.15, 0.2) is 24.3 Å². The highest BCUT2D eigenvalue weighted by Gasteiger charge is 2.08. The van der Waals surface area contributed by atoms with Crippen LogP contribution in [0.1, 0.15) is 16.7 Å². The summed E-state index contributed by atoms with van der Waals surface area (Å²) in [6.07, 6.45) is 0. The molecule has 19 heavy (non-hydrogen) atoms. The van der Waals surface area contributed by atoms with E-state index in [1.54, 1.807) is 13.2 Å². The third-order valence-corrected chi connectivity index (χ3v) is 3.38. The SMILES string of the molecule is COc1cc(C)c(-c2ccc(C#N)c(=S)[nH]2)cc1C. The number of aryl methyl sites for hydroxylation is 2. The molecule has 96 valence electrons. The van der Waals surface area contributed by atoms with E-state index in [0.29, 0.717) is 10.2 Å².